The van der Waals surface area contributed by atoms with Gasteiger partial charge in [0.2, 0.25) is 0 Å². The highest BCUT2D eigenvalue weighted by Crippen LogP contribution is 2.28. The van der Waals surface area contributed by atoms with E-state index in [-0.39, 0.29) is 0 Å². The second-order valence-electron chi connectivity index (χ2n) is 4.42. The molecule has 2 aromatic rings. The lowest BCUT2D eigenvalue weighted by Crippen LogP contribution is -2.21. The third kappa shape index (κ3) is 2.27. The van der Waals surface area contributed by atoms with Gasteiger partial charge in [-0.3, -0.25) is 0 Å². The predicted molar refractivity (Wildman–Crippen MR) is 72.0 cm³/mol. The van der Waals surface area contributed by atoms with Gasteiger partial charge in [0.1, 0.15) is 0 Å². The van der Waals surface area contributed by atoms with Crippen LogP contribution >= 0.6 is 11.3 Å². The van der Waals surface area contributed by atoms with Gasteiger partial charge in [-0.25, -0.2) is 4.98 Å². The maximum Gasteiger partial charge on any atom is 0.184 e. The number of rotatable bonds is 3. The molecule has 1 unspecified atom stereocenters. The van der Waals surface area contributed by atoms with Crippen LogP contribution in [0.3, 0.4) is 0 Å². The van der Waals surface area contributed by atoms with Crippen molar-refractivity contribution in [1.82, 2.24) is 4.98 Å². The topological polar surface area (TPSA) is 50.9 Å². The number of benzene rings is 1. The Morgan fingerprint density at radius 1 is 1.31 bits per heavy atom. The molecule has 86 valence electrons. The molecule has 3 nitrogen and oxygen atoms in total. The highest BCUT2D eigenvalue weighted by atomic mass is 32.1. The van der Waals surface area contributed by atoms with E-state index in [1.807, 2.05) is 18.2 Å². The fourth-order valence-electron chi connectivity index (χ4n) is 1.36. The zero-order valence-corrected chi connectivity index (χ0v) is 10.6. The number of nitrogen functional groups attached to an aromatic ring is 1. The Morgan fingerprint density at radius 3 is 2.75 bits per heavy atom. The summed E-state index contributed by atoms with van der Waals surface area (Å²) in [6.07, 6.45) is 0. The van der Waals surface area contributed by atoms with E-state index in [0.29, 0.717) is 12.0 Å². The maximum absolute atomic E-state index is 5.74. The first-order chi connectivity index (χ1) is 7.56. The van der Waals surface area contributed by atoms with E-state index in [0.717, 1.165) is 21.0 Å². The van der Waals surface area contributed by atoms with E-state index in [4.69, 9.17) is 5.73 Å². The zero-order valence-electron chi connectivity index (χ0n) is 9.82. The fourth-order valence-corrected chi connectivity index (χ4v) is 2.37. The summed E-state index contributed by atoms with van der Waals surface area (Å²) in [6, 6.07) is 6.25. The monoisotopic (exact) mass is 235 g/mol. The molecule has 0 spiro atoms. The van der Waals surface area contributed by atoms with Gasteiger partial charge in [0.15, 0.2) is 5.13 Å². The van der Waals surface area contributed by atoms with E-state index < -0.39 is 0 Å². The molecule has 0 radical (unpaired) electrons. The molecule has 0 saturated heterocycles. The smallest absolute Gasteiger partial charge is 0.184 e. The van der Waals surface area contributed by atoms with Crippen LogP contribution in [-0.2, 0) is 0 Å². The lowest BCUT2D eigenvalue weighted by atomic mass is 10.1. The molecule has 0 aliphatic heterocycles. The third-order valence-electron chi connectivity index (χ3n) is 2.76. The summed E-state index contributed by atoms with van der Waals surface area (Å²) < 4.78 is 1.14. The molecule has 0 bridgehead atoms. The molecule has 4 heteroatoms. The average Bonchev–Trinajstić information content (AvgIpc) is 2.58. The Morgan fingerprint density at radius 2 is 2.06 bits per heavy atom. The second kappa shape index (κ2) is 4.29. The van der Waals surface area contributed by atoms with Crippen LogP contribution in [-0.4, -0.2) is 11.0 Å². The standard InChI is InChI=1S/C12H17N3S/c1-7(2)8(3)14-12-15-10-5-4-9(13)6-11(10)16-12/h4-8H,13H2,1-3H3,(H,14,15). The van der Waals surface area contributed by atoms with Gasteiger partial charge < -0.3 is 11.1 Å². The van der Waals surface area contributed by atoms with Crippen molar-refractivity contribution >= 4 is 32.4 Å². The molecule has 0 amide bonds. The molecule has 3 N–H and O–H groups in total. The predicted octanol–water partition coefficient (Wildman–Crippen LogP) is 3.33. The highest BCUT2D eigenvalue weighted by Gasteiger charge is 2.10. The molecule has 1 aromatic heterocycles. The molecule has 0 aliphatic rings. The molecule has 2 rings (SSSR count). The molecule has 16 heavy (non-hydrogen) atoms. The number of anilines is 2. The normalized spacial score (nSPS) is 13.2. The van der Waals surface area contributed by atoms with E-state index in [2.05, 4.69) is 31.1 Å². The number of nitrogens with two attached hydrogens (primary N) is 1. The summed E-state index contributed by atoms with van der Waals surface area (Å²) in [5, 5.41) is 4.39. The van der Waals surface area contributed by atoms with Crippen LogP contribution in [0.5, 0.6) is 0 Å². The first kappa shape index (κ1) is 11.2. The van der Waals surface area contributed by atoms with Crippen molar-refractivity contribution in [3.8, 4) is 0 Å². The van der Waals surface area contributed by atoms with E-state index in [9.17, 15) is 0 Å². The largest absolute Gasteiger partial charge is 0.399 e. The van der Waals surface area contributed by atoms with Crippen molar-refractivity contribution in [2.75, 3.05) is 11.1 Å². The van der Waals surface area contributed by atoms with Crippen LogP contribution in [0.1, 0.15) is 20.8 Å². The lowest BCUT2D eigenvalue weighted by Gasteiger charge is -2.16. The highest BCUT2D eigenvalue weighted by molar-refractivity contribution is 7.22. The van der Waals surface area contributed by atoms with Crippen molar-refractivity contribution in [2.24, 2.45) is 5.92 Å². The van der Waals surface area contributed by atoms with Crippen molar-refractivity contribution in [2.45, 2.75) is 26.8 Å². The number of fused-ring (bicyclic) bond motifs is 1. The van der Waals surface area contributed by atoms with Crippen molar-refractivity contribution in [3.05, 3.63) is 18.2 Å². The number of thiazole rings is 1. The van der Waals surface area contributed by atoms with Gasteiger partial charge in [0, 0.05) is 11.7 Å². The fraction of sp³-hybridized carbons (Fsp3) is 0.417. The lowest BCUT2D eigenvalue weighted by molar-refractivity contribution is 0.560. The quantitative estimate of drug-likeness (QED) is 0.802. The summed E-state index contributed by atoms with van der Waals surface area (Å²) >= 11 is 1.65. The van der Waals surface area contributed by atoms with Crippen molar-refractivity contribution in [1.29, 1.82) is 0 Å². The van der Waals surface area contributed by atoms with Crippen LogP contribution in [0.2, 0.25) is 0 Å². The Balaban J connectivity index is 2.26. The van der Waals surface area contributed by atoms with Gasteiger partial charge in [-0.1, -0.05) is 25.2 Å². The summed E-state index contributed by atoms with van der Waals surface area (Å²) in [6.45, 7) is 6.57. The number of hydrogen-bond donors (Lipinski definition) is 2. The van der Waals surface area contributed by atoms with E-state index in [1.165, 1.54) is 0 Å². The third-order valence-corrected chi connectivity index (χ3v) is 3.71. The molecule has 0 saturated carbocycles. The van der Waals surface area contributed by atoms with Crippen LogP contribution < -0.4 is 11.1 Å². The summed E-state index contributed by atoms with van der Waals surface area (Å²) in [5.41, 5.74) is 7.54. The van der Waals surface area contributed by atoms with Crippen molar-refractivity contribution < 1.29 is 0 Å². The number of nitrogens with one attached hydrogen (secondary N) is 1. The van der Waals surface area contributed by atoms with Gasteiger partial charge in [-0.2, -0.15) is 0 Å². The minimum atomic E-state index is 0.429. The van der Waals surface area contributed by atoms with Gasteiger partial charge >= 0.3 is 0 Å². The Labute approximate surface area is 99.7 Å². The number of nitrogens with zero attached hydrogens (tertiary/aromatic N) is 1. The minimum Gasteiger partial charge on any atom is -0.399 e. The first-order valence-electron chi connectivity index (χ1n) is 5.49. The minimum absolute atomic E-state index is 0.429. The maximum atomic E-state index is 5.74. The summed E-state index contributed by atoms with van der Waals surface area (Å²) in [5.74, 6) is 0.595. The van der Waals surface area contributed by atoms with Crippen LogP contribution in [0.4, 0.5) is 10.8 Å². The Hall–Kier alpha value is -1.29. The molecule has 0 aliphatic carbocycles. The van der Waals surface area contributed by atoms with Gasteiger partial charge in [-0.15, -0.1) is 0 Å². The molecule has 1 aromatic carbocycles. The van der Waals surface area contributed by atoms with Gasteiger partial charge in [0.25, 0.3) is 0 Å². The van der Waals surface area contributed by atoms with Crippen LogP contribution in [0, 0.1) is 5.92 Å². The second-order valence-corrected chi connectivity index (χ2v) is 5.45. The molecule has 0 fully saturated rings. The van der Waals surface area contributed by atoms with Gasteiger partial charge in [0.05, 0.1) is 10.2 Å². The molecule has 1 heterocycles. The van der Waals surface area contributed by atoms with Gasteiger partial charge in [-0.05, 0) is 31.0 Å². The SMILES string of the molecule is CC(C)C(C)Nc1nc2ccc(N)cc2s1. The summed E-state index contributed by atoms with van der Waals surface area (Å²) in [4.78, 5) is 4.53. The molecular formula is C12H17N3S. The Bertz CT molecular complexity index is 490. The van der Waals surface area contributed by atoms with Crippen molar-refractivity contribution in [3.63, 3.8) is 0 Å². The van der Waals surface area contributed by atoms with E-state index >= 15 is 0 Å². The zero-order chi connectivity index (χ0) is 11.7. The van der Waals surface area contributed by atoms with E-state index in [1.54, 1.807) is 11.3 Å². The van der Waals surface area contributed by atoms with Crippen LogP contribution in [0.15, 0.2) is 18.2 Å². The first-order valence-corrected chi connectivity index (χ1v) is 6.30. The number of aromatic nitrogens is 1. The number of hydrogen-bond acceptors (Lipinski definition) is 4. The summed E-state index contributed by atoms with van der Waals surface area (Å²) in [7, 11) is 0. The van der Waals surface area contributed by atoms with Crippen LogP contribution in [0.25, 0.3) is 10.2 Å². The Kier molecular flexibility index (Phi) is 3.01. The molecular weight excluding hydrogens is 218 g/mol. The molecule has 1 atom stereocenters. The average molecular weight is 235 g/mol.